The first-order valence-corrected chi connectivity index (χ1v) is 12.2. The van der Waals surface area contributed by atoms with Gasteiger partial charge in [-0.25, -0.2) is 0 Å². The van der Waals surface area contributed by atoms with Crippen LogP contribution in [0, 0.1) is 42.5 Å². The van der Waals surface area contributed by atoms with Gasteiger partial charge < -0.3 is 14.9 Å². The van der Waals surface area contributed by atoms with E-state index in [1.165, 1.54) is 67.1 Å². The second-order valence-corrected chi connectivity index (χ2v) is 6.22. The summed E-state index contributed by atoms with van der Waals surface area (Å²) in [6, 6.07) is 21.8. The van der Waals surface area contributed by atoms with Crippen LogP contribution in [0.4, 0.5) is 0 Å². The van der Waals surface area contributed by atoms with Crippen molar-refractivity contribution in [1.29, 1.82) is 0 Å². The topological polar surface area (TPSA) is 0 Å². The fourth-order valence-corrected chi connectivity index (χ4v) is 3.08. The SMILES string of the molecule is Cc1cc2c(C)cccc2[cH-]1.Cc1cc2c(C)cccc2[cH-]1.[CH3-].[CH3-].[Si]=[Zr]. The average molecular weight is 436 g/mol. The van der Waals surface area contributed by atoms with Gasteiger partial charge in [-0.3, -0.25) is 0 Å². The molecule has 26 heavy (non-hydrogen) atoms. The van der Waals surface area contributed by atoms with Crippen LogP contribution in [0.1, 0.15) is 22.3 Å². The first-order valence-electron chi connectivity index (χ1n) is 8.05. The molecule has 2 radical (unpaired) electrons. The monoisotopic (exact) mass is 434 g/mol. The van der Waals surface area contributed by atoms with Gasteiger partial charge in [0.2, 0.25) is 0 Å². The van der Waals surface area contributed by atoms with Crippen molar-refractivity contribution in [3.8, 4) is 0 Å². The first-order chi connectivity index (χ1) is 11.5. The molecule has 4 rings (SSSR count). The Kier molecular flexibility index (Phi) is 10.9. The number of rotatable bonds is 0. The molecule has 0 aliphatic heterocycles. The zero-order valence-electron chi connectivity index (χ0n) is 16.8. The minimum atomic E-state index is 0. The van der Waals surface area contributed by atoms with Crippen molar-refractivity contribution in [2.75, 3.05) is 0 Å². The molecule has 0 aliphatic carbocycles. The second kappa shape index (κ2) is 11.5. The molecule has 0 saturated carbocycles. The third-order valence-electron chi connectivity index (χ3n) is 4.23. The molecule has 0 aliphatic rings. The molecule has 0 fully saturated rings. The number of hydrogen-bond donors (Lipinski definition) is 0. The molecule has 0 N–H and O–H groups in total. The summed E-state index contributed by atoms with van der Waals surface area (Å²) in [6.07, 6.45) is 0. The van der Waals surface area contributed by atoms with Crippen LogP contribution in [0.3, 0.4) is 0 Å². The molecule has 0 aromatic heterocycles. The van der Waals surface area contributed by atoms with E-state index in [4.69, 9.17) is 0 Å². The molecule has 0 bridgehead atoms. The van der Waals surface area contributed by atoms with Crippen LogP contribution in [0.25, 0.3) is 21.5 Å². The summed E-state index contributed by atoms with van der Waals surface area (Å²) < 4.78 is 0. The van der Waals surface area contributed by atoms with E-state index in [0.717, 1.165) is 0 Å². The van der Waals surface area contributed by atoms with E-state index in [0.29, 0.717) is 0 Å². The maximum absolute atomic E-state index is 3.06. The molecule has 0 saturated heterocycles. The number of aryl methyl sites for hydroxylation is 4. The predicted octanol–water partition coefficient (Wildman–Crippen LogP) is 6.87. The van der Waals surface area contributed by atoms with Crippen LogP contribution in [-0.2, 0) is 23.3 Å². The van der Waals surface area contributed by atoms with Crippen molar-refractivity contribution < 1.29 is 23.3 Å². The summed E-state index contributed by atoms with van der Waals surface area (Å²) in [7, 11) is 0. The maximum atomic E-state index is 3.06. The quantitative estimate of drug-likeness (QED) is 0.209. The average Bonchev–Trinajstić information content (AvgIpc) is 3.13. The van der Waals surface area contributed by atoms with E-state index < -0.39 is 0 Å². The Hall–Kier alpha value is -1.24. The third kappa shape index (κ3) is 5.89. The van der Waals surface area contributed by atoms with E-state index in [-0.39, 0.29) is 14.9 Å². The normalized spacial score (nSPS) is 9.19. The van der Waals surface area contributed by atoms with Crippen molar-refractivity contribution in [2.45, 2.75) is 27.7 Å². The van der Waals surface area contributed by atoms with E-state index in [1.807, 2.05) is 0 Å². The molecule has 0 unspecified atom stereocenters. The van der Waals surface area contributed by atoms with Gasteiger partial charge >= 0.3 is 30.2 Å². The Balaban J connectivity index is 0.000000410. The van der Waals surface area contributed by atoms with Crippen LogP contribution in [0.15, 0.2) is 60.7 Å². The number of benzene rings is 2. The standard InChI is InChI=1S/2C11H11.2CH3.Si.Zr/c2*1-8-6-10-5-3-4-9(2)11(10)7-8;;;;/h2*3-7H,1-2H3;2*1H3;;/q4*-1;;. The summed E-state index contributed by atoms with van der Waals surface area (Å²) in [5.74, 6) is 0. The third-order valence-corrected chi connectivity index (χ3v) is 4.23. The Morgan fingerprint density at radius 1 is 0.654 bits per heavy atom. The molecular formula is C24H28SiZr-4. The van der Waals surface area contributed by atoms with Gasteiger partial charge in [0.05, 0.1) is 0 Å². The molecule has 0 amide bonds. The molecule has 0 nitrogen and oxygen atoms in total. The van der Waals surface area contributed by atoms with Crippen molar-refractivity contribution in [2.24, 2.45) is 0 Å². The second-order valence-electron chi connectivity index (χ2n) is 6.22. The zero-order chi connectivity index (χ0) is 17.7. The van der Waals surface area contributed by atoms with E-state index in [2.05, 4.69) is 95.2 Å². The molecule has 4 aromatic rings. The molecule has 136 valence electrons. The van der Waals surface area contributed by atoms with Crippen LogP contribution < -0.4 is 0 Å². The fourth-order valence-electron chi connectivity index (χ4n) is 3.08. The van der Waals surface area contributed by atoms with Gasteiger partial charge in [-0.1, -0.05) is 37.1 Å². The van der Waals surface area contributed by atoms with Gasteiger partial charge in [0, 0.05) is 0 Å². The number of fused-ring (bicyclic) bond motifs is 2. The molecule has 0 atom stereocenters. The summed E-state index contributed by atoms with van der Waals surface area (Å²) in [4.78, 5) is 0. The van der Waals surface area contributed by atoms with Crippen molar-refractivity contribution in [1.82, 2.24) is 0 Å². The van der Waals surface area contributed by atoms with Gasteiger partial charge in [0.1, 0.15) is 0 Å². The van der Waals surface area contributed by atoms with Gasteiger partial charge in [-0.05, 0) is 13.8 Å². The van der Waals surface area contributed by atoms with Gasteiger partial charge in [-0.15, -0.1) is 69.1 Å². The van der Waals surface area contributed by atoms with Gasteiger partial charge in [0.25, 0.3) is 0 Å². The van der Waals surface area contributed by atoms with Gasteiger partial charge in [0.15, 0.2) is 0 Å². The van der Waals surface area contributed by atoms with E-state index in [1.54, 1.807) is 0 Å². The van der Waals surface area contributed by atoms with Crippen molar-refractivity contribution in [3.05, 3.63) is 97.8 Å². The summed E-state index contributed by atoms with van der Waals surface area (Å²) in [5, 5.41) is 5.51. The first kappa shape index (κ1) is 24.8. The van der Waals surface area contributed by atoms with Crippen LogP contribution in [0.5, 0.6) is 0 Å². The summed E-state index contributed by atoms with van der Waals surface area (Å²) in [6.45, 7) is 11.6. The Labute approximate surface area is 176 Å². The minimum absolute atomic E-state index is 0. The fraction of sp³-hybridized carbons (Fsp3) is 0.167. The predicted molar refractivity (Wildman–Crippen MR) is 117 cm³/mol. The Morgan fingerprint density at radius 2 is 1.00 bits per heavy atom. The summed E-state index contributed by atoms with van der Waals surface area (Å²) in [5.41, 5.74) is 5.45. The molecule has 4 aromatic carbocycles. The molecule has 0 heterocycles. The van der Waals surface area contributed by atoms with Crippen molar-refractivity contribution >= 4 is 28.4 Å². The van der Waals surface area contributed by atoms with Crippen LogP contribution in [0.2, 0.25) is 0 Å². The van der Waals surface area contributed by atoms with E-state index >= 15 is 0 Å². The van der Waals surface area contributed by atoms with Gasteiger partial charge in [-0.2, -0.15) is 12.1 Å². The summed E-state index contributed by atoms with van der Waals surface area (Å²) >= 11 is 1.36. The molecular weight excluding hydrogens is 408 g/mol. The molecule has 2 heteroatoms. The Morgan fingerprint density at radius 3 is 1.31 bits per heavy atom. The zero-order valence-corrected chi connectivity index (χ0v) is 20.2. The Bertz CT molecular complexity index is 865. The van der Waals surface area contributed by atoms with Crippen molar-refractivity contribution in [3.63, 3.8) is 0 Å². The van der Waals surface area contributed by atoms with E-state index in [9.17, 15) is 0 Å². The number of hydrogen-bond acceptors (Lipinski definition) is 0. The molecule has 0 spiro atoms. The van der Waals surface area contributed by atoms with Crippen LogP contribution in [-0.4, -0.2) is 6.88 Å². The van der Waals surface area contributed by atoms with Crippen LogP contribution >= 0.6 is 0 Å².